The Morgan fingerprint density at radius 3 is 2.41 bits per heavy atom. The number of allylic oxidation sites excluding steroid dienone is 1. The molecule has 2 aliphatic heterocycles. The van der Waals surface area contributed by atoms with Gasteiger partial charge < -0.3 is 9.80 Å². The van der Waals surface area contributed by atoms with Gasteiger partial charge in [-0.2, -0.15) is 5.10 Å². The Bertz CT molecular complexity index is 666. The van der Waals surface area contributed by atoms with Gasteiger partial charge in [0.1, 0.15) is 0 Å². The lowest BCUT2D eigenvalue weighted by Crippen LogP contribution is -2.41. The summed E-state index contributed by atoms with van der Waals surface area (Å²) in [6.07, 6.45) is 14.0. The van der Waals surface area contributed by atoms with E-state index in [1.54, 1.807) is 0 Å². The van der Waals surface area contributed by atoms with Crippen LogP contribution in [-0.2, 0) is 19.4 Å². The normalized spacial score (nSPS) is 24.3. The van der Waals surface area contributed by atoms with E-state index in [4.69, 9.17) is 5.10 Å². The van der Waals surface area contributed by atoms with E-state index < -0.39 is 0 Å². The molecule has 0 radical (unpaired) electrons. The molecule has 0 spiro atoms. The van der Waals surface area contributed by atoms with Crippen molar-refractivity contribution in [2.45, 2.75) is 76.8 Å². The fraction of sp³-hybridized carbons (Fsp3) is 0.727. The molecule has 2 saturated heterocycles. The van der Waals surface area contributed by atoms with Gasteiger partial charge >= 0.3 is 0 Å². The predicted octanol–water partition coefficient (Wildman–Crippen LogP) is 3.43. The first kappa shape index (κ1) is 18.7. The summed E-state index contributed by atoms with van der Waals surface area (Å²) in [5.74, 6) is 0.158. The second-order valence-electron chi connectivity index (χ2n) is 8.44. The SMILES string of the molecule is C=CCn1nc(C(=O)N2CCCCC2)c2c1CCC(N1CCCCCC1)C2. The van der Waals surface area contributed by atoms with Crippen molar-refractivity contribution in [2.24, 2.45) is 0 Å². The van der Waals surface area contributed by atoms with Gasteiger partial charge in [0.05, 0.1) is 6.54 Å². The molecular formula is C22H34N4O. The lowest BCUT2D eigenvalue weighted by atomic mass is 9.89. The Kier molecular flexibility index (Phi) is 5.96. The summed E-state index contributed by atoms with van der Waals surface area (Å²) in [5.41, 5.74) is 3.24. The van der Waals surface area contributed by atoms with Crippen LogP contribution in [0.2, 0.25) is 0 Å². The topological polar surface area (TPSA) is 41.4 Å². The number of likely N-dealkylation sites (tertiary alicyclic amines) is 2. The molecule has 1 unspecified atom stereocenters. The number of hydrogen-bond donors (Lipinski definition) is 0. The van der Waals surface area contributed by atoms with E-state index in [0.717, 1.165) is 44.5 Å². The molecule has 1 aliphatic carbocycles. The van der Waals surface area contributed by atoms with Crippen LogP contribution in [0.3, 0.4) is 0 Å². The van der Waals surface area contributed by atoms with Crippen LogP contribution in [0.4, 0.5) is 0 Å². The van der Waals surface area contributed by atoms with Gasteiger partial charge in [-0.3, -0.25) is 9.48 Å². The Morgan fingerprint density at radius 1 is 1.04 bits per heavy atom. The van der Waals surface area contributed by atoms with Crippen LogP contribution in [0, 0.1) is 0 Å². The van der Waals surface area contributed by atoms with Crippen molar-refractivity contribution in [2.75, 3.05) is 26.2 Å². The van der Waals surface area contributed by atoms with Crippen LogP contribution in [-0.4, -0.2) is 57.7 Å². The number of fused-ring (bicyclic) bond motifs is 1. The highest BCUT2D eigenvalue weighted by Gasteiger charge is 2.33. The van der Waals surface area contributed by atoms with E-state index in [9.17, 15) is 4.79 Å². The fourth-order valence-electron chi connectivity index (χ4n) is 5.13. The maximum atomic E-state index is 13.2. The second kappa shape index (κ2) is 8.59. The van der Waals surface area contributed by atoms with Crippen molar-refractivity contribution in [3.63, 3.8) is 0 Å². The number of aromatic nitrogens is 2. The Labute approximate surface area is 163 Å². The Balaban J connectivity index is 1.59. The molecule has 1 aromatic heterocycles. The number of carbonyl (C=O) groups is 1. The van der Waals surface area contributed by atoms with E-state index in [2.05, 4.69) is 11.5 Å². The summed E-state index contributed by atoms with van der Waals surface area (Å²) in [4.78, 5) is 18.0. The minimum atomic E-state index is 0.158. The molecule has 2 fully saturated rings. The lowest BCUT2D eigenvalue weighted by molar-refractivity contribution is 0.0715. The van der Waals surface area contributed by atoms with Gasteiger partial charge in [-0.15, -0.1) is 6.58 Å². The highest BCUT2D eigenvalue weighted by molar-refractivity contribution is 5.94. The molecule has 4 rings (SSSR count). The zero-order valence-corrected chi connectivity index (χ0v) is 16.7. The zero-order chi connectivity index (χ0) is 18.6. The maximum Gasteiger partial charge on any atom is 0.274 e. The molecule has 0 N–H and O–H groups in total. The molecule has 0 saturated carbocycles. The number of rotatable bonds is 4. The standard InChI is InChI=1S/C22H34N4O/c1-2-12-26-20-11-10-18(24-13-6-3-4-7-14-24)17-19(20)21(23-26)22(27)25-15-8-5-9-16-25/h2,18H,1,3-17H2. The monoisotopic (exact) mass is 370 g/mol. The van der Waals surface area contributed by atoms with Gasteiger partial charge in [-0.25, -0.2) is 0 Å². The highest BCUT2D eigenvalue weighted by Crippen LogP contribution is 2.30. The van der Waals surface area contributed by atoms with E-state index in [-0.39, 0.29) is 5.91 Å². The van der Waals surface area contributed by atoms with Crippen LogP contribution in [0.15, 0.2) is 12.7 Å². The minimum Gasteiger partial charge on any atom is -0.337 e. The van der Waals surface area contributed by atoms with Crippen LogP contribution in [0.25, 0.3) is 0 Å². The molecule has 1 amide bonds. The van der Waals surface area contributed by atoms with Crippen molar-refractivity contribution in [3.05, 3.63) is 29.6 Å². The molecule has 27 heavy (non-hydrogen) atoms. The van der Waals surface area contributed by atoms with Gasteiger partial charge in [0.25, 0.3) is 5.91 Å². The van der Waals surface area contributed by atoms with Crippen LogP contribution >= 0.6 is 0 Å². The molecule has 3 heterocycles. The number of carbonyl (C=O) groups excluding carboxylic acids is 1. The quantitative estimate of drug-likeness (QED) is 0.763. The van der Waals surface area contributed by atoms with Crippen LogP contribution < -0.4 is 0 Å². The molecule has 0 aromatic carbocycles. The summed E-state index contributed by atoms with van der Waals surface area (Å²) in [6, 6.07) is 0.574. The van der Waals surface area contributed by atoms with Gasteiger partial charge in [-0.05, 0) is 64.5 Å². The summed E-state index contributed by atoms with van der Waals surface area (Å²) >= 11 is 0. The van der Waals surface area contributed by atoms with Gasteiger partial charge in [-0.1, -0.05) is 18.9 Å². The van der Waals surface area contributed by atoms with Gasteiger partial charge in [0.2, 0.25) is 0 Å². The fourth-order valence-corrected chi connectivity index (χ4v) is 5.13. The molecule has 1 aromatic rings. The van der Waals surface area contributed by atoms with Crippen molar-refractivity contribution < 1.29 is 4.79 Å². The molecule has 1 atom stereocenters. The molecule has 3 aliphatic rings. The first-order valence-corrected chi connectivity index (χ1v) is 11.0. The van der Waals surface area contributed by atoms with Crippen molar-refractivity contribution in [1.29, 1.82) is 0 Å². The summed E-state index contributed by atoms with van der Waals surface area (Å²) < 4.78 is 2.04. The predicted molar refractivity (Wildman–Crippen MR) is 108 cm³/mol. The summed E-state index contributed by atoms with van der Waals surface area (Å²) in [7, 11) is 0. The zero-order valence-electron chi connectivity index (χ0n) is 16.7. The largest absolute Gasteiger partial charge is 0.337 e. The molecule has 5 heteroatoms. The number of piperidine rings is 1. The van der Waals surface area contributed by atoms with E-state index >= 15 is 0 Å². The third-order valence-electron chi connectivity index (χ3n) is 6.63. The molecular weight excluding hydrogens is 336 g/mol. The van der Waals surface area contributed by atoms with E-state index in [1.165, 1.54) is 62.9 Å². The van der Waals surface area contributed by atoms with E-state index in [0.29, 0.717) is 12.6 Å². The van der Waals surface area contributed by atoms with Gasteiger partial charge in [0, 0.05) is 30.4 Å². The third kappa shape index (κ3) is 3.98. The average molecular weight is 371 g/mol. The molecule has 5 nitrogen and oxygen atoms in total. The minimum absolute atomic E-state index is 0.158. The lowest BCUT2D eigenvalue weighted by Gasteiger charge is -2.34. The molecule has 0 bridgehead atoms. The average Bonchev–Trinajstić information content (AvgIpc) is 2.88. The summed E-state index contributed by atoms with van der Waals surface area (Å²) in [5, 5.41) is 4.79. The number of nitrogens with zero attached hydrogens (tertiary/aromatic N) is 4. The van der Waals surface area contributed by atoms with Crippen molar-refractivity contribution in [3.8, 4) is 0 Å². The van der Waals surface area contributed by atoms with Gasteiger partial charge in [0.15, 0.2) is 5.69 Å². The summed E-state index contributed by atoms with van der Waals surface area (Å²) in [6.45, 7) is 8.79. The van der Waals surface area contributed by atoms with Crippen LogP contribution in [0.1, 0.15) is 73.1 Å². The van der Waals surface area contributed by atoms with Crippen LogP contribution in [0.5, 0.6) is 0 Å². The van der Waals surface area contributed by atoms with E-state index in [1.807, 2.05) is 15.7 Å². The maximum absolute atomic E-state index is 13.2. The first-order chi connectivity index (χ1) is 13.3. The smallest absolute Gasteiger partial charge is 0.274 e. The molecule has 148 valence electrons. The number of hydrogen-bond acceptors (Lipinski definition) is 3. The van der Waals surface area contributed by atoms with Crippen molar-refractivity contribution >= 4 is 5.91 Å². The second-order valence-corrected chi connectivity index (χ2v) is 8.44. The Hall–Kier alpha value is -1.62. The third-order valence-corrected chi connectivity index (χ3v) is 6.63. The van der Waals surface area contributed by atoms with Crippen molar-refractivity contribution in [1.82, 2.24) is 19.6 Å². The Morgan fingerprint density at radius 2 is 1.70 bits per heavy atom. The number of amides is 1. The highest BCUT2D eigenvalue weighted by atomic mass is 16.2. The first-order valence-electron chi connectivity index (χ1n) is 11.0.